The first kappa shape index (κ1) is 12.7. The van der Waals surface area contributed by atoms with Crippen molar-refractivity contribution in [3.8, 4) is 0 Å². The van der Waals surface area contributed by atoms with Crippen LogP contribution in [0, 0.1) is 0 Å². The molecule has 0 aromatic carbocycles. The molecule has 8 heteroatoms. The van der Waals surface area contributed by atoms with Crippen molar-refractivity contribution in [2.45, 2.75) is 44.2 Å². The first-order chi connectivity index (χ1) is 8.56. The molecule has 0 bridgehead atoms. The first-order valence-corrected chi connectivity index (χ1v) is 5.75. The monoisotopic (exact) mass is 260 g/mol. The van der Waals surface area contributed by atoms with Gasteiger partial charge in [-0.05, 0) is 25.7 Å². The summed E-state index contributed by atoms with van der Waals surface area (Å²) in [7, 11) is 0. The van der Waals surface area contributed by atoms with Gasteiger partial charge >= 0.3 is 6.09 Å². The summed E-state index contributed by atoms with van der Waals surface area (Å²) >= 11 is 0. The van der Waals surface area contributed by atoms with Crippen molar-refractivity contribution in [1.29, 1.82) is 0 Å². The van der Waals surface area contributed by atoms with Crippen LogP contribution in [0.3, 0.4) is 0 Å². The quantitative estimate of drug-likeness (QED) is 0.870. The lowest BCUT2D eigenvalue weighted by Crippen LogP contribution is -2.37. The van der Waals surface area contributed by atoms with Crippen molar-refractivity contribution in [3.63, 3.8) is 0 Å². The van der Waals surface area contributed by atoms with Gasteiger partial charge in [0, 0.05) is 6.04 Å². The van der Waals surface area contributed by atoms with E-state index in [9.17, 15) is 13.6 Å². The van der Waals surface area contributed by atoms with Gasteiger partial charge in [0.25, 0.3) is 6.43 Å². The lowest BCUT2D eigenvalue weighted by molar-refractivity contribution is 0.146. The molecule has 1 aromatic rings. The van der Waals surface area contributed by atoms with Gasteiger partial charge in [-0.1, -0.05) is 5.21 Å². The van der Waals surface area contributed by atoms with Crippen LogP contribution in [0.25, 0.3) is 0 Å². The van der Waals surface area contributed by atoms with Gasteiger partial charge in [0.2, 0.25) is 0 Å². The van der Waals surface area contributed by atoms with Gasteiger partial charge in [0.1, 0.15) is 5.69 Å². The molecule has 0 aliphatic heterocycles. The number of nitrogens with one attached hydrogen (secondary N) is 1. The molecule has 2 N–H and O–H groups in total. The predicted molar refractivity (Wildman–Crippen MR) is 57.4 cm³/mol. The first-order valence-electron chi connectivity index (χ1n) is 5.75. The topological polar surface area (TPSA) is 80.0 Å². The molecule has 1 aromatic heterocycles. The van der Waals surface area contributed by atoms with Gasteiger partial charge in [0.05, 0.1) is 12.2 Å². The van der Waals surface area contributed by atoms with Crippen molar-refractivity contribution >= 4 is 6.09 Å². The van der Waals surface area contributed by atoms with Crippen LogP contribution in [0.4, 0.5) is 13.6 Å². The lowest BCUT2D eigenvalue weighted by atomic mass is 9.91. The summed E-state index contributed by atoms with van der Waals surface area (Å²) in [4.78, 5) is 10.5. The fourth-order valence-corrected chi connectivity index (χ4v) is 2.23. The van der Waals surface area contributed by atoms with E-state index in [1.54, 1.807) is 0 Å². The highest BCUT2D eigenvalue weighted by Crippen LogP contribution is 2.28. The molecule has 0 atom stereocenters. The van der Waals surface area contributed by atoms with E-state index in [4.69, 9.17) is 5.11 Å². The summed E-state index contributed by atoms with van der Waals surface area (Å²) in [5, 5.41) is 18.1. The molecule has 1 heterocycles. The molecule has 1 amide bonds. The molecule has 18 heavy (non-hydrogen) atoms. The number of hydrogen-bond acceptors (Lipinski definition) is 3. The van der Waals surface area contributed by atoms with E-state index in [0.717, 1.165) is 0 Å². The smallest absolute Gasteiger partial charge is 0.404 e. The van der Waals surface area contributed by atoms with Crippen molar-refractivity contribution in [1.82, 2.24) is 20.3 Å². The molecule has 100 valence electrons. The van der Waals surface area contributed by atoms with E-state index >= 15 is 0 Å². The molecule has 1 aliphatic carbocycles. The van der Waals surface area contributed by atoms with Crippen LogP contribution in [-0.4, -0.2) is 32.2 Å². The molecule has 0 unspecified atom stereocenters. The van der Waals surface area contributed by atoms with E-state index < -0.39 is 12.5 Å². The molecular formula is C10H14F2N4O2. The average Bonchev–Trinajstić information content (AvgIpc) is 2.78. The standard InChI is InChI=1S/C10H14F2N4O2/c11-9(12)8-5-16(15-14-8)7-3-1-6(2-4-7)13-10(17)18/h5-7,9,13H,1-4H2,(H,17,18). The number of halogens is 2. The number of carbonyl (C=O) groups is 1. The molecule has 1 saturated carbocycles. The Morgan fingerprint density at radius 2 is 2.11 bits per heavy atom. The van der Waals surface area contributed by atoms with Crippen molar-refractivity contribution in [3.05, 3.63) is 11.9 Å². The molecule has 6 nitrogen and oxygen atoms in total. The number of alkyl halides is 2. The van der Waals surface area contributed by atoms with Gasteiger partial charge in [-0.2, -0.15) is 0 Å². The molecule has 0 spiro atoms. The highest BCUT2D eigenvalue weighted by atomic mass is 19.3. The average molecular weight is 260 g/mol. The number of aromatic nitrogens is 3. The second-order valence-electron chi connectivity index (χ2n) is 4.38. The summed E-state index contributed by atoms with van der Waals surface area (Å²) in [5.41, 5.74) is -0.319. The van der Waals surface area contributed by atoms with Crippen LogP contribution in [0.5, 0.6) is 0 Å². The Hall–Kier alpha value is -1.73. The fraction of sp³-hybridized carbons (Fsp3) is 0.700. The van der Waals surface area contributed by atoms with E-state index in [1.807, 2.05) is 0 Å². The second-order valence-corrected chi connectivity index (χ2v) is 4.38. The van der Waals surface area contributed by atoms with Crippen LogP contribution in [0.1, 0.15) is 43.8 Å². The maximum absolute atomic E-state index is 12.4. The third kappa shape index (κ3) is 2.93. The summed E-state index contributed by atoms with van der Waals surface area (Å²) in [6.45, 7) is 0. The van der Waals surface area contributed by atoms with Crippen molar-refractivity contribution < 1.29 is 18.7 Å². The zero-order valence-electron chi connectivity index (χ0n) is 9.59. The van der Waals surface area contributed by atoms with Crippen LogP contribution >= 0.6 is 0 Å². The Morgan fingerprint density at radius 1 is 1.44 bits per heavy atom. The van der Waals surface area contributed by atoms with Crippen LogP contribution in [0.15, 0.2) is 6.20 Å². The van der Waals surface area contributed by atoms with Crippen LogP contribution < -0.4 is 5.32 Å². The normalized spacial score (nSPS) is 24.2. The number of amides is 1. The summed E-state index contributed by atoms with van der Waals surface area (Å²) in [6.07, 6.45) is 0.401. The van der Waals surface area contributed by atoms with E-state index in [-0.39, 0.29) is 17.8 Å². The predicted octanol–water partition coefficient (Wildman–Crippen LogP) is 1.97. The minimum Gasteiger partial charge on any atom is -0.465 e. The number of carboxylic acid groups (broad SMARTS) is 1. The molecule has 2 rings (SSSR count). The van der Waals surface area contributed by atoms with Gasteiger partial charge in [-0.25, -0.2) is 18.3 Å². The molecule has 1 aliphatic rings. The van der Waals surface area contributed by atoms with E-state index in [0.29, 0.717) is 25.7 Å². The molecule has 0 radical (unpaired) electrons. The van der Waals surface area contributed by atoms with Crippen molar-refractivity contribution in [2.75, 3.05) is 0 Å². The Kier molecular flexibility index (Phi) is 3.73. The van der Waals surface area contributed by atoms with Gasteiger partial charge in [-0.3, -0.25) is 0 Å². The second kappa shape index (κ2) is 5.28. The zero-order valence-corrected chi connectivity index (χ0v) is 9.59. The van der Waals surface area contributed by atoms with E-state index in [1.165, 1.54) is 10.9 Å². The summed E-state index contributed by atoms with van der Waals surface area (Å²) in [6, 6.07) is -0.0336. The number of rotatable bonds is 3. The van der Waals surface area contributed by atoms with Gasteiger partial charge < -0.3 is 10.4 Å². The van der Waals surface area contributed by atoms with E-state index in [2.05, 4.69) is 15.6 Å². The highest BCUT2D eigenvalue weighted by molar-refractivity contribution is 5.64. The Labute approximate surface area is 102 Å². The summed E-state index contributed by atoms with van der Waals surface area (Å²) < 4.78 is 26.2. The zero-order chi connectivity index (χ0) is 13.1. The maximum atomic E-state index is 12.4. The van der Waals surface area contributed by atoms with Crippen molar-refractivity contribution in [2.24, 2.45) is 0 Å². The van der Waals surface area contributed by atoms with Gasteiger partial charge in [-0.15, -0.1) is 5.10 Å². The highest BCUT2D eigenvalue weighted by Gasteiger charge is 2.25. The SMILES string of the molecule is O=C(O)NC1CCC(n2cc(C(F)F)nn2)CC1. The molecule has 0 saturated heterocycles. The minimum atomic E-state index is -2.61. The Bertz CT molecular complexity index is 416. The lowest BCUT2D eigenvalue weighted by Gasteiger charge is -2.28. The Balaban J connectivity index is 1.90. The van der Waals surface area contributed by atoms with Gasteiger partial charge in [0.15, 0.2) is 0 Å². The van der Waals surface area contributed by atoms with Crippen LogP contribution in [0.2, 0.25) is 0 Å². The third-order valence-electron chi connectivity index (χ3n) is 3.15. The summed E-state index contributed by atoms with van der Waals surface area (Å²) in [5.74, 6) is 0. The maximum Gasteiger partial charge on any atom is 0.404 e. The van der Waals surface area contributed by atoms with Crippen LogP contribution in [-0.2, 0) is 0 Å². The third-order valence-corrected chi connectivity index (χ3v) is 3.15. The molecule has 1 fully saturated rings. The Morgan fingerprint density at radius 3 is 2.61 bits per heavy atom. The minimum absolute atomic E-state index is 0.0249. The fourth-order valence-electron chi connectivity index (χ4n) is 2.23. The largest absolute Gasteiger partial charge is 0.465 e. The number of hydrogen-bond donors (Lipinski definition) is 2. The molecular weight excluding hydrogens is 246 g/mol. The number of nitrogens with zero attached hydrogens (tertiary/aromatic N) is 3.